The van der Waals surface area contributed by atoms with Gasteiger partial charge < -0.3 is 43.2 Å². The molecule has 0 aliphatic carbocycles. The number of ketones is 1. The lowest BCUT2D eigenvalue weighted by Gasteiger charge is -2.30. The molecule has 1 heterocycles. The lowest BCUT2D eigenvalue weighted by molar-refractivity contribution is -0.345. The number of ether oxygens (including phenoxy) is 4. The Morgan fingerprint density at radius 2 is 1.44 bits per heavy atom. The fourth-order valence-corrected chi connectivity index (χ4v) is 4.21. The molecule has 0 aliphatic rings. The van der Waals surface area contributed by atoms with Crippen molar-refractivity contribution >= 4 is 34.8 Å². The van der Waals surface area contributed by atoms with Gasteiger partial charge in [-0.15, -0.1) is 0 Å². The van der Waals surface area contributed by atoms with E-state index in [1.165, 1.54) is 20.3 Å². The Kier molecular flexibility index (Phi) is 12.2. The van der Waals surface area contributed by atoms with E-state index in [2.05, 4.69) is 32.6 Å². The van der Waals surface area contributed by atoms with Crippen LogP contribution in [0, 0.1) is 0 Å². The molecule has 0 bridgehead atoms. The second kappa shape index (κ2) is 15.3. The van der Waals surface area contributed by atoms with E-state index in [1.807, 2.05) is 24.3 Å². The molecule has 0 N–H and O–H groups in total. The number of furan rings is 1. The largest absolute Gasteiger partial charge is 0.543 e. The highest BCUT2D eigenvalue weighted by atomic mass is 16.5. The molecule has 0 spiro atoms. The van der Waals surface area contributed by atoms with Gasteiger partial charge in [-0.1, -0.05) is 18.2 Å². The van der Waals surface area contributed by atoms with E-state index < -0.39 is 11.9 Å². The number of carboxylic acids is 2. The average molecular weight is 570 g/mol. The van der Waals surface area contributed by atoms with E-state index in [4.69, 9.17) is 43.2 Å². The molecule has 222 valence electrons. The number of hydrogen-bond acceptors (Lipinski definition) is 11. The van der Waals surface area contributed by atoms with Crippen molar-refractivity contribution in [1.82, 2.24) is 4.90 Å². The lowest BCUT2D eigenvalue weighted by Crippen LogP contribution is -2.42. The van der Waals surface area contributed by atoms with Gasteiger partial charge in [0.05, 0.1) is 44.9 Å². The van der Waals surface area contributed by atoms with Crippen LogP contribution in [0.15, 0.2) is 47.1 Å². The second-order valence-electron chi connectivity index (χ2n) is 9.25. The molecule has 0 saturated carbocycles. The highest BCUT2D eigenvalue weighted by molar-refractivity contribution is 6.25. The Morgan fingerprint density at radius 1 is 0.854 bits per heavy atom. The standard InChI is InChI=1S/C28H35NO6.C2H2O4/c1-18(2)29(19(3)4)15-17-35-27-24(23(30)13-10-20-8-11-21(31-5)12-9-20)25(32-6)22-14-16-34-26(22)28(27)33-7;3-1(4)2(5)6/h8-14,16,18-19H,15,17H2,1-7H3;(H,3,4)(H,5,6)/p-2. The van der Waals surface area contributed by atoms with Crippen LogP contribution >= 0.6 is 0 Å². The SMILES string of the molecule is COc1ccc(C=CC(=O)c2c(OCCN(C(C)C)C(C)C)c(OC)c3occc3c2OC)cc1.O=C([O-])C(=O)[O-]. The van der Waals surface area contributed by atoms with Gasteiger partial charge in [-0.3, -0.25) is 9.69 Å². The van der Waals surface area contributed by atoms with Crippen molar-refractivity contribution in [3.05, 3.63) is 53.8 Å². The first-order valence-corrected chi connectivity index (χ1v) is 12.8. The molecule has 2 aromatic carbocycles. The van der Waals surface area contributed by atoms with Crippen molar-refractivity contribution in [1.29, 1.82) is 0 Å². The van der Waals surface area contributed by atoms with E-state index in [0.29, 0.717) is 59.0 Å². The van der Waals surface area contributed by atoms with Crippen LogP contribution in [0.1, 0.15) is 43.6 Å². The smallest absolute Gasteiger partial charge is 0.205 e. The molecule has 11 heteroatoms. The first-order valence-electron chi connectivity index (χ1n) is 12.8. The molecule has 0 atom stereocenters. The second-order valence-corrected chi connectivity index (χ2v) is 9.25. The van der Waals surface area contributed by atoms with Crippen LogP contribution in [0.3, 0.4) is 0 Å². The van der Waals surface area contributed by atoms with Crippen molar-refractivity contribution in [2.45, 2.75) is 39.8 Å². The molecule has 1 aromatic heterocycles. The Hall–Kier alpha value is -4.51. The van der Waals surface area contributed by atoms with Gasteiger partial charge >= 0.3 is 0 Å². The molecule has 0 radical (unpaired) electrons. The summed E-state index contributed by atoms with van der Waals surface area (Å²) < 4.78 is 28.5. The topological polar surface area (TPSA) is 151 Å². The van der Waals surface area contributed by atoms with Crippen molar-refractivity contribution < 1.29 is 48.0 Å². The predicted octanol–water partition coefficient (Wildman–Crippen LogP) is 2.34. The van der Waals surface area contributed by atoms with E-state index in [1.54, 1.807) is 25.5 Å². The number of aliphatic carboxylic acids is 2. The summed E-state index contributed by atoms with van der Waals surface area (Å²) in [5.74, 6) is -2.82. The van der Waals surface area contributed by atoms with Gasteiger partial charge in [-0.05, 0) is 57.5 Å². The monoisotopic (exact) mass is 569 g/mol. The number of methoxy groups -OCH3 is 3. The zero-order valence-electron chi connectivity index (χ0n) is 24.2. The summed E-state index contributed by atoms with van der Waals surface area (Å²) >= 11 is 0. The molecule has 0 unspecified atom stereocenters. The summed E-state index contributed by atoms with van der Waals surface area (Å²) in [6.07, 6.45) is 4.79. The number of fused-ring (bicyclic) bond motifs is 1. The molecule has 0 saturated heterocycles. The van der Waals surface area contributed by atoms with Crippen molar-refractivity contribution in [3.63, 3.8) is 0 Å². The van der Waals surface area contributed by atoms with Gasteiger partial charge in [-0.25, -0.2) is 0 Å². The number of hydrogen-bond donors (Lipinski definition) is 0. The van der Waals surface area contributed by atoms with Crippen LogP contribution in [-0.4, -0.2) is 69.2 Å². The molecule has 3 aromatic rings. The zero-order chi connectivity index (χ0) is 30.7. The van der Waals surface area contributed by atoms with Crippen LogP contribution in [0.25, 0.3) is 17.0 Å². The fourth-order valence-electron chi connectivity index (χ4n) is 4.21. The third kappa shape index (κ3) is 8.49. The van der Waals surface area contributed by atoms with Crippen LogP contribution in [-0.2, 0) is 9.59 Å². The maximum atomic E-state index is 13.5. The zero-order valence-corrected chi connectivity index (χ0v) is 24.2. The van der Waals surface area contributed by atoms with Crippen molar-refractivity contribution in [2.75, 3.05) is 34.5 Å². The van der Waals surface area contributed by atoms with E-state index >= 15 is 0 Å². The van der Waals surface area contributed by atoms with E-state index in [0.717, 1.165) is 11.3 Å². The number of carboxylic acid groups (broad SMARTS) is 2. The van der Waals surface area contributed by atoms with Crippen LogP contribution in [0.2, 0.25) is 0 Å². The third-order valence-corrected chi connectivity index (χ3v) is 6.06. The summed E-state index contributed by atoms with van der Waals surface area (Å²) in [7, 11) is 4.68. The number of allylic oxidation sites excluding steroid dienone is 1. The molecular formula is C30H35NO10-2. The molecule has 0 aliphatic heterocycles. The normalized spacial score (nSPS) is 11.1. The summed E-state index contributed by atoms with van der Waals surface area (Å²) in [6.45, 7) is 9.65. The lowest BCUT2D eigenvalue weighted by atomic mass is 10.0. The first kappa shape index (κ1) is 32.7. The van der Waals surface area contributed by atoms with E-state index in [9.17, 15) is 4.79 Å². The molecule has 3 rings (SSSR count). The summed E-state index contributed by atoms with van der Waals surface area (Å²) in [5.41, 5.74) is 1.63. The molecule has 0 amide bonds. The van der Waals surface area contributed by atoms with Crippen LogP contribution in [0.5, 0.6) is 23.0 Å². The van der Waals surface area contributed by atoms with Gasteiger partial charge in [0.15, 0.2) is 17.1 Å². The number of carbonyl (C=O) groups is 3. The Morgan fingerprint density at radius 3 is 1.93 bits per heavy atom. The number of rotatable bonds is 12. The average Bonchev–Trinajstić information content (AvgIpc) is 3.42. The maximum Gasteiger partial charge on any atom is 0.205 e. The minimum absolute atomic E-state index is 0.265. The third-order valence-electron chi connectivity index (χ3n) is 6.06. The number of nitrogens with zero attached hydrogens (tertiary/aromatic N) is 1. The summed E-state index contributed by atoms with van der Waals surface area (Å²) in [6, 6.07) is 9.91. The summed E-state index contributed by atoms with van der Waals surface area (Å²) in [4.78, 5) is 33.7. The molecule has 41 heavy (non-hydrogen) atoms. The first-order chi connectivity index (χ1) is 19.5. The van der Waals surface area contributed by atoms with Gasteiger partial charge in [0, 0.05) is 18.6 Å². The molecule has 11 nitrogen and oxygen atoms in total. The van der Waals surface area contributed by atoms with Crippen LogP contribution < -0.4 is 29.2 Å². The van der Waals surface area contributed by atoms with Gasteiger partial charge in [-0.2, -0.15) is 0 Å². The highest BCUT2D eigenvalue weighted by Crippen LogP contribution is 2.46. The Bertz CT molecular complexity index is 1340. The summed E-state index contributed by atoms with van der Waals surface area (Å²) in [5, 5.41) is 18.5. The maximum absolute atomic E-state index is 13.5. The fraction of sp³-hybridized carbons (Fsp3) is 0.367. The number of benzene rings is 2. The van der Waals surface area contributed by atoms with Crippen LogP contribution in [0.4, 0.5) is 0 Å². The highest BCUT2D eigenvalue weighted by Gasteiger charge is 2.28. The van der Waals surface area contributed by atoms with E-state index in [-0.39, 0.29) is 5.78 Å². The Balaban J connectivity index is 0.000000883. The predicted molar refractivity (Wildman–Crippen MR) is 148 cm³/mol. The molecule has 0 fully saturated rings. The van der Waals surface area contributed by atoms with Crippen molar-refractivity contribution in [2.24, 2.45) is 0 Å². The van der Waals surface area contributed by atoms with Gasteiger partial charge in [0.2, 0.25) is 5.75 Å². The Labute approximate surface area is 238 Å². The molecular weight excluding hydrogens is 534 g/mol. The van der Waals surface area contributed by atoms with Gasteiger partial charge in [0.25, 0.3) is 0 Å². The quantitative estimate of drug-likeness (QED) is 0.180. The van der Waals surface area contributed by atoms with Gasteiger partial charge in [0.1, 0.15) is 23.7 Å². The van der Waals surface area contributed by atoms with Crippen molar-refractivity contribution in [3.8, 4) is 23.0 Å². The minimum atomic E-state index is -2.19. The minimum Gasteiger partial charge on any atom is -0.543 e. The number of carbonyl (C=O) groups excluding carboxylic acids is 3.